The van der Waals surface area contributed by atoms with E-state index in [1.165, 1.54) is 18.5 Å². The first kappa shape index (κ1) is 14.3. The third kappa shape index (κ3) is 2.87. The number of aromatic amines is 1. The van der Waals surface area contributed by atoms with Gasteiger partial charge in [0.15, 0.2) is 0 Å². The van der Waals surface area contributed by atoms with E-state index in [-0.39, 0.29) is 17.4 Å². The summed E-state index contributed by atoms with van der Waals surface area (Å²) in [5, 5.41) is 8.72. The van der Waals surface area contributed by atoms with Crippen LogP contribution in [-0.4, -0.2) is 10.2 Å². The molecule has 0 atom stereocenters. The van der Waals surface area contributed by atoms with Crippen LogP contribution in [0.2, 0.25) is 5.02 Å². The zero-order valence-corrected chi connectivity index (χ0v) is 12.0. The van der Waals surface area contributed by atoms with Crippen LogP contribution in [0.15, 0.2) is 52.0 Å². The number of nitrogens with zero attached hydrogens (tertiary/aromatic N) is 1. The molecule has 0 radical (unpaired) electrons. The van der Waals surface area contributed by atoms with Crippen molar-refractivity contribution in [3.05, 3.63) is 69.5 Å². The van der Waals surface area contributed by atoms with Crippen LogP contribution in [0, 0.1) is 5.82 Å². The topological polar surface area (TPSA) is 70.9 Å². The van der Waals surface area contributed by atoms with Gasteiger partial charge in [0.05, 0.1) is 18.1 Å². The molecule has 2 aromatic heterocycles. The molecule has 0 aliphatic rings. The number of aromatic nitrogens is 2. The van der Waals surface area contributed by atoms with Crippen LogP contribution in [-0.2, 0) is 6.54 Å². The lowest BCUT2D eigenvalue weighted by Gasteiger charge is -2.09. The average molecular weight is 320 g/mol. The Morgan fingerprint density at radius 3 is 2.95 bits per heavy atom. The van der Waals surface area contributed by atoms with Crippen LogP contribution in [0.3, 0.4) is 0 Å². The zero-order valence-electron chi connectivity index (χ0n) is 11.3. The van der Waals surface area contributed by atoms with E-state index in [0.717, 1.165) is 0 Å². The molecule has 0 unspecified atom stereocenters. The molecule has 0 aliphatic carbocycles. The van der Waals surface area contributed by atoms with Crippen LogP contribution in [0.4, 0.5) is 10.1 Å². The number of benzene rings is 1. The van der Waals surface area contributed by atoms with Gasteiger partial charge in [-0.25, -0.2) is 9.49 Å². The quantitative estimate of drug-likeness (QED) is 0.773. The number of halogens is 2. The first-order chi connectivity index (χ1) is 10.6. The van der Waals surface area contributed by atoms with E-state index in [2.05, 4.69) is 15.5 Å². The lowest BCUT2D eigenvalue weighted by atomic mass is 10.1. The van der Waals surface area contributed by atoms with Gasteiger partial charge in [-0.1, -0.05) is 23.7 Å². The van der Waals surface area contributed by atoms with Crippen molar-refractivity contribution in [3.63, 3.8) is 0 Å². The Morgan fingerprint density at radius 2 is 2.23 bits per heavy atom. The second kappa shape index (κ2) is 6.03. The number of rotatable bonds is 4. The van der Waals surface area contributed by atoms with Gasteiger partial charge in [0, 0.05) is 17.7 Å². The molecule has 0 amide bonds. The largest absolute Gasteiger partial charge is 0.464 e. The monoisotopic (exact) mass is 319 g/mol. The van der Waals surface area contributed by atoms with Crippen molar-refractivity contribution in [2.24, 2.45) is 0 Å². The highest BCUT2D eigenvalue weighted by molar-refractivity contribution is 6.32. The lowest BCUT2D eigenvalue weighted by molar-refractivity contribution is 0.579. The number of furan rings is 1. The highest BCUT2D eigenvalue weighted by Crippen LogP contribution is 2.23. The third-order valence-electron chi connectivity index (χ3n) is 3.12. The third-order valence-corrected chi connectivity index (χ3v) is 3.50. The van der Waals surface area contributed by atoms with E-state index in [0.29, 0.717) is 22.6 Å². The van der Waals surface area contributed by atoms with Crippen LogP contribution in [0.25, 0.3) is 11.3 Å². The molecule has 0 saturated heterocycles. The molecule has 0 spiro atoms. The summed E-state index contributed by atoms with van der Waals surface area (Å²) >= 11 is 5.84. The van der Waals surface area contributed by atoms with Gasteiger partial charge in [-0.05, 0) is 18.2 Å². The first-order valence-electron chi connectivity index (χ1n) is 6.44. The predicted octanol–water partition coefficient (Wildman–Crippen LogP) is 3.43. The zero-order chi connectivity index (χ0) is 15.5. The highest BCUT2D eigenvalue weighted by atomic mass is 35.5. The summed E-state index contributed by atoms with van der Waals surface area (Å²) in [5.74, 6) is 0.218. The Bertz CT molecular complexity index is 846. The Hall–Kier alpha value is -2.60. The fraction of sp³-hybridized carbons (Fsp3) is 0.0667. The van der Waals surface area contributed by atoms with Crippen LogP contribution in [0.1, 0.15) is 5.56 Å². The Morgan fingerprint density at radius 1 is 1.36 bits per heavy atom. The summed E-state index contributed by atoms with van der Waals surface area (Å²) in [6.07, 6.45) is 2.91. The summed E-state index contributed by atoms with van der Waals surface area (Å²) in [6, 6.07) is 8.30. The van der Waals surface area contributed by atoms with E-state index in [1.54, 1.807) is 24.3 Å². The predicted molar refractivity (Wildman–Crippen MR) is 81.3 cm³/mol. The van der Waals surface area contributed by atoms with E-state index in [1.807, 2.05) is 0 Å². The molecule has 7 heteroatoms. The van der Waals surface area contributed by atoms with Crippen molar-refractivity contribution in [1.82, 2.24) is 10.2 Å². The van der Waals surface area contributed by atoms with Crippen molar-refractivity contribution in [2.75, 3.05) is 5.32 Å². The van der Waals surface area contributed by atoms with E-state index in [4.69, 9.17) is 16.0 Å². The van der Waals surface area contributed by atoms with Gasteiger partial charge in [0.25, 0.3) is 5.56 Å². The molecule has 0 fully saturated rings. The van der Waals surface area contributed by atoms with Gasteiger partial charge in [-0.3, -0.25) is 4.79 Å². The van der Waals surface area contributed by atoms with Crippen LogP contribution >= 0.6 is 11.6 Å². The average Bonchev–Trinajstić information content (AvgIpc) is 3.04. The molecular weight excluding hydrogens is 309 g/mol. The summed E-state index contributed by atoms with van der Waals surface area (Å²) in [4.78, 5) is 11.3. The molecule has 0 aliphatic heterocycles. The second-order valence-electron chi connectivity index (χ2n) is 4.56. The first-order valence-corrected chi connectivity index (χ1v) is 6.82. The maximum atomic E-state index is 14.1. The number of anilines is 1. The van der Waals surface area contributed by atoms with Gasteiger partial charge < -0.3 is 9.73 Å². The van der Waals surface area contributed by atoms with Gasteiger partial charge in [0.1, 0.15) is 16.6 Å². The van der Waals surface area contributed by atoms with Crippen LogP contribution in [0.5, 0.6) is 0 Å². The Balaban J connectivity index is 1.79. The van der Waals surface area contributed by atoms with Crippen molar-refractivity contribution < 1.29 is 8.81 Å². The minimum absolute atomic E-state index is 0.0115. The maximum absolute atomic E-state index is 14.1. The Kier molecular flexibility index (Phi) is 3.93. The summed E-state index contributed by atoms with van der Waals surface area (Å²) in [7, 11) is 0. The summed E-state index contributed by atoms with van der Waals surface area (Å²) in [6.45, 7) is 0.176. The fourth-order valence-electron chi connectivity index (χ4n) is 1.98. The molecule has 112 valence electrons. The number of hydrogen-bond donors (Lipinski definition) is 2. The molecule has 0 saturated carbocycles. The minimum atomic E-state index is -0.500. The van der Waals surface area contributed by atoms with Gasteiger partial charge in [-0.15, -0.1) is 0 Å². The molecule has 2 heterocycles. The minimum Gasteiger partial charge on any atom is -0.464 e. The van der Waals surface area contributed by atoms with Gasteiger partial charge >= 0.3 is 0 Å². The number of hydrogen-bond acceptors (Lipinski definition) is 4. The lowest BCUT2D eigenvalue weighted by Crippen LogP contribution is -2.12. The molecule has 1 aromatic carbocycles. The van der Waals surface area contributed by atoms with E-state index < -0.39 is 5.56 Å². The number of H-pyrrole nitrogens is 1. The van der Waals surface area contributed by atoms with Gasteiger partial charge in [0.2, 0.25) is 0 Å². The Labute approximate surface area is 129 Å². The van der Waals surface area contributed by atoms with Crippen molar-refractivity contribution in [1.29, 1.82) is 0 Å². The van der Waals surface area contributed by atoms with Gasteiger partial charge in [-0.2, -0.15) is 5.10 Å². The molecule has 3 aromatic rings. The summed E-state index contributed by atoms with van der Waals surface area (Å²) in [5.41, 5.74) is 0.939. The SMILES string of the molecule is O=c1[nH]ncc(NCc2ccc(-c3ccco3)cc2F)c1Cl. The van der Waals surface area contributed by atoms with Crippen molar-refractivity contribution in [2.45, 2.75) is 6.54 Å². The maximum Gasteiger partial charge on any atom is 0.285 e. The van der Waals surface area contributed by atoms with Crippen LogP contribution < -0.4 is 10.9 Å². The smallest absolute Gasteiger partial charge is 0.285 e. The van der Waals surface area contributed by atoms with Crippen molar-refractivity contribution >= 4 is 17.3 Å². The second-order valence-corrected chi connectivity index (χ2v) is 4.94. The normalized spacial score (nSPS) is 10.6. The molecule has 22 heavy (non-hydrogen) atoms. The summed E-state index contributed by atoms with van der Waals surface area (Å²) < 4.78 is 19.4. The van der Waals surface area contributed by atoms with Crippen molar-refractivity contribution in [3.8, 4) is 11.3 Å². The molecular formula is C15H11ClFN3O2. The molecule has 5 nitrogen and oxygen atoms in total. The van der Waals surface area contributed by atoms with E-state index in [9.17, 15) is 9.18 Å². The number of nitrogens with one attached hydrogen (secondary N) is 2. The standard InChI is InChI=1S/C15H11ClFN3O2/c16-14-12(8-19-20-15(14)21)18-7-10-4-3-9(6-11(10)17)13-2-1-5-22-13/h1-6,8H,7H2,(H2,18,20,21). The molecule has 3 rings (SSSR count). The van der Waals surface area contributed by atoms with E-state index >= 15 is 0 Å². The highest BCUT2D eigenvalue weighted by Gasteiger charge is 2.09. The molecule has 2 N–H and O–H groups in total. The molecule has 0 bridgehead atoms. The fourth-order valence-corrected chi connectivity index (χ4v) is 2.14.